The number of rotatable bonds is 12. The third-order valence-electron chi connectivity index (χ3n) is 8.38. The Morgan fingerprint density at radius 3 is 2.69 bits per heavy atom. The molecule has 10 nitrogen and oxygen atoms in total. The number of halogens is 5. The number of hydrogen-bond donors (Lipinski definition) is 5. The highest BCUT2D eigenvalue weighted by Gasteiger charge is 2.36. The molecule has 2 atom stereocenters. The van der Waals surface area contributed by atoms with E-state index in [1.165, 1.54) is 31.5 Å². The zero-order valence-electron chi connectivity index (χ0n) is 27.0. The molecule has 0 fully saturated rings. The number of alkyl halides is 3. The number of aliphatic imine (C=N–C) groups is 1. The number of aliphatic hydroxyl groups excluding tert-OH is 1. The maximum absolute atomic E-state index is 15.8. The lowest BCUT2D eigenvalue weighted by molar-refractivity contribution is -0.140. The van der Waals surface area contributed by atoms with Crippen molar-refractivity contribution in [3.8, 4) is 22.7 Å². The zero-order chi connectivity index (χ0) is 35.5. The van der Waals surface area contributed by atoms with E-state index < -0.39 is 35.1 Å². The minimum atomic E-state index is -4.97. The van der Waals surface area contributed by atoms with Crippen molar-refractivity contribution >= 4 is 22.6 Å². The number of allylic oxidation sites excluding steroid dienone is 1. The summed E-state index contributed by atoms with van der Waals surface area (Å²) in [7, 11) is 1.38. The van der Waals surface area contributed by atoms with Gasteiger partial charge in [0.1, 0.15) is 23.0 Å². The summed E-state index contributed by atoms with van der Waals surface area (Å²) in [4.78, 5) is 24.1. The lowest BCUT2D eigenvalue weighted by Crippen LogP contribution is -2.32. The number of nitrogens with zero attached hydrogens (tertiary/aromatic N) is 3. The number of benzene rings is 2. The molecule has 0 radical (unpaired) electrons. The topological polar surface area (TPSA) is 157 Å². The van der Waals surface area contributed by atoms with Crippen LogP contribution in [0.5, 0.6) is 5.75 Å². The second-order valence-corrected chi connectivity index (χ2v) is 12.1. The van der Waals surface area contributed by atoms with Crippen molar-refractivity contribution in [3.63, 3.8) is 0 Å². The van der Waals surface area contributed by atoms with E-state index in [0.717, 1.165) is 23.1 Å². The molecule has 0 aliphatic carbocycles. The second-order valence-electron chi connectivity index (χ2n) is 12.1. The smallest absolute Gasteiger partial charge is 0.419 e. The summed E-state index contributed by atoms with van der Waals surface area (Å²) in [6.45, 7) is 1.96. The van der Waals surface area contributed by atoms with Gasteiger partial charge in [-0.3, -0.25) is 9.56 Å². The molecule has 0 spiro atoms. The molecular weight excluding hydrogens is 649 g/mol. The molecule has 262 valence electrons. The first-order valence-corrected chi connectivity index (χ1v) is 15.8. The normalized spacial score (nSPS) is 16.1. The van der Waals surface area contributed by atoms with Crippen molar-refractivity contribution in [2.75, 3.05) is 20.3 Å². The minimum Gasteiger partial charge on any atom is -0.496 e. The molecule has 0 unspecified atom stereocenters. The van der Waals surface area contributed by atoms with Gasteiger partial charge in [0.05, 0.1) is 42.1 Å². The fraction of sp³-hybridized carbons (Fsp3) is 0.382. The fourth-order valence-electron chi connectivity index (χ4n) is 5.91. The number of nitrogens with one attached hydrogen (secondary N) is 2. The number of aliphatic hydroxyl groups is 1. The Bertz CT molecular complexity index is 1950. The van der Waals surface area contributed by atoms with Gasteiger partial charge in [-0.15, -0.1) is 0 Å². The van der Waals surface area contributed by atoms with Gasteiger partial charge in [0.2, 0.25) is 0 Å². The lowest BCUT2D eigenvalue weighted by Gasteiger charge is -2.27. The summed E-state index contributed by atoms with van der Waals surface area (Å²) in [5.41, 5.74) is 9.75. The molecule has 4 aromatic rings. The summed E-state index contributed by atoms with van der Waals surface area (Å²) in [6.07, 6.45) is 1.36. The molecule has 5 rings (SSSR count). The monoisotopic (exact) mass is 687 g/mol. The molecule has 2 aromatic carbocycles. The third kappa shape index (κ3) is 8.11. The molecular formula is C34H38F5N7O3. The average molecular weight is 688 g/mol. The molecule has 1 aliphatic heterocycles. The third-order valence-corrected chi connectivity index (χ3v) is 8.38. The van der Waals surface area contributed by atoms with Gasteiger partial charge in [0.25, 0.3) is 0 Å². The van der Waals surface area contributed by atoms with Gasteiger partial charge in [-0.25, -0.2) is 13.6 Å². The van der Waals surface area contributed by atoms with Crippen LogP contribution in [0.4, 0.5) is 22.0 Å². The van der Waals surface area contributed by atoms with E-state index in [4.69, 9.17) is 21.3 Å². The van der Waals surface area contributed by atoms with Crippen molar-refractivity contribution in [1.29, 1.82) is 0 Å². The van der Waals surface area contributed by atoms with Crippen LogP contribution in [-0.4, -0.2) is 57.8 Å². The molecule has 0 amide bonds. The van der Waals surface area contributed by atoms with Gasteiger partial charge in [0, 0.05) is 47.5 Å². The van der Waals surface area contributed by atoms with Crippen molar-refractivity contribution < 1.29 is 31.8 Å². The van der Waals surface area contributed by atoms with Crippen LogP contribution in [0, 0.1) is 11.6 Å². The van der Waals surface area contributed by atoms with Crippen LogP contribution < -0.4 is 27.2 Å². The molecule has 15 heteroatoms. The maximum Gasteiger partial charge on any atom is 0.419 e. The van der Waals surface area contributed by atoms with Gasteiger partial charge >= 0.3 is 11.9 Å². The fourth-order valence-corrected chi connectivity index (χ4v) is 5.91. The van der Waals surface area contributed by atoms with Crippen LogP contribution >= 0.6 is 0 Å². The maximum atomic E-state index is 15.8. The number of ether oxygens (including phenoxy) is 1. The highest BCUT2D eigenvalue weighted by molar-refractivity contribution is 5.83. The summed E-state index contributed by atoms with van der Waals surface area (Å²) >= 11 is 0. The number of nitrogens with two attached hydrogens (primary N) is 2. The number of H-pyrrole nitrogens is 1. The lowest BCUT2D eigenvalue weighted by atomic mass is 9.98. The van der Waals surface area contributed by atoms with E-state index in [0.29, 0.717) is 43.8 Å². The van der Waals surface area contributed by atoms with E-state index in [2.05, 4.69) is 20.3 Å². The Morgan fingerprint density at radius 1 is 1.22 bits per heavy atom. The van der Waals surface area contributed by atoms with Gasteiger partial charge in [-0.05, 0) is 75.3 Å². The van der Waals surface area contributed by atoms with E-state index >= 15 is 8.78 Å². The first-order chi connectivity index (χ1) is 23.3. The first-order valence-electron chi connectivity index (χ1n) is 15.8. The summed E-state index contributed by atoms with van der Waals surface area (Å²) in [5, 5.41) is 12.8. The number of aromatic nitrogens is 3. The Morgan fingerprint density at radius 2 is 2.00 bits per heavy atom. The Labute approximate surface area is 278 Å². The molecule has 49 heavy (non-hydrogen) atoms. The molecule has 2 aromatic heterocycles. The van der Waals surface area contributed by atoms with Crippen LogP contribution in [0.15, 0.2) is 52.4 Å². The number of aryl methyl sites for hydroxylation is 1. The molecule has 0 bridgehead atoms. The van der Waals surface area contributed by atoms with Crippen LogP contribution in [-0.2, 0) is 12.6 Å². The molecule has 7 N–H and O–H groups in total. The van der Waals surface area contributed by atoms with Gasteiger partial charge in [-0.1, -0.05) is 6.08 Å². The molecule has 3 heterocycles. The molecule has 0 saturated carbocycles. The van der Waals surface area contributed by atoms with Crippen LogP contribution in [0.1, 0.15) is 55.7 Å². The van der Waals surface area contributed by atoms with Crippen molar-refractivity contribution in [2.45, 2.75) is 63.7 Å². The summed E-state index contributed by atoms with van der Waals surface area (Å²) in [6, 6.07) is 5.59. The predicted octanol–water partition coefficient (Wildman–Crippen LogP) is 5.19. The standard InChI is InChI=1S/C34H38F5N7O3/c1-18(40)42-10-9-22-7-4-8-27(43-22)30-26(35)14-23(15-29(30)49-2)46-16-20-13-28(44-32(20)45-33(46)48)24-11-19(5-3-6-21(41)17-47)12-25(31(24)36)34(37,38)39/h8,11-16,21-22,43,47H,3-7,9-10,17,41H2,1-2H3,(H2,40,42)(H,44,45,48)/t21-,22+/m1/s1. The van der Waals surface area contributed by atoms with Gasteiger partial charge in [-0.2, -0.15) is 18.2 Å². The first kappa shape index (κ1) is 35.5. The largest absolute Gasteiger partial charge is 0.496 e. The number of fused-ring (bicyclic) bond motifs is 1. The van der Waals surface area contributed by atoms with E-state index in [-0.39, 0.29) is 63.9 Å². The Balaban J connectivity index is 1.49. The molecule has 1 aliphatic rings. The van der Waals surface area contributed by atoms with Gasteiger partial charge < -0.3 is 31.6 Å². The average Bonchev–Trinajstić information content (AvgIpc) is 3.46. The zero-order valence-corrected chi connectivity index (χ0v) is 27.0. The Kier molecular flexibility index (Phi) is 10.7. The quantitative estimate of drug-likeness (QED) is 0.0780. The number of amidine groups is 1. The van der Waals surface area contributed by atoms with Crippen LogP contribution in [0.25, 0.3) is 33.7 Å². The molecule has 0 saturated heterocycles. The van der Waals surface area contributed by atoms with Crippen LogP contribution in [0.3, 0.4) is 0 Å². The van der Waals surface area contributed by atoms with Crippen LogP contribution in [0.2, 0.25) is 0 Å². The van der Waals surface area contributed by atoms with Crippen molar-refractivity contribution in [2.24, 2.45) is 16.5 Å². The van der Waals surface area contributed by atoms with Gasteiger partial charge in [0.15, 0.2) is 0 Å². The van der Waals surface area contributed by atoms with Crippen molar-refractivity contribution in [1.82, 2.24) is 19.9 Å². The SMILES string of the molecule is COc1cc(-n2cc3cc(-c4cc(CCC[C@@H](N)CO)cc(C(F)(F)F)c4F)[nH]c3nc2=O)cc(F)c1C1=CCC[C@@H](CCN=C(C)N)N1. The van der Waals surface area contributed by atoms with E-state index in [1.807, 2.05) is 6.08 Å². The number of hydrogen-bond acceptors (Lipinski definition) is 7. The van der Waals surface area contributed by atoms with Crippen molar-refractivity contribution in [3.05, 3.63) is 81.4 Å². The predicted molar refractivity (Wildman–Crippen MR) is 178 cm³/mol. The summed E-state index contributed by atoms with van der Waals surface area (Å²) < 4.78 is 79.3. The van der Waals surface area contributed by atoms with E-state index in [9.17, 15) is 18.0 Å². The number of aromatic amines is 1. The highest BCUT2D eigenvalue weighted by atomic mass is 19.4. The number of methoxy groups -OCH3 is 1. The minimum absolute atomic E-state index is 0.00403. The summed E-state index contributed by atoms with van der Waals surface area (Å²) in [5.74, 6) is -1.50. The second kappa shape index (κ2) is 14.8. The highest BCUT2D eigenvalue weighted by Crippen LogP contribution is 2.38. The Hall–Kier alpha value is -4.76. The van der Waals surface area contributed by atoms with E-state index in [1.54, 1.807) is 6.92 Å².